The van der Waals surface area contributed by atoms with Crippen LogP contribution in [0, 0.1) is 0 Å². The molecule has 4 nitrogen and oxygen atoms in total. The van der Waals surface area contributed by atoms with Crippen molar-refractivity contribution in [2.45, 2.75) is 12.8 Å². The Labute approximate surface area is 140 Å². The Morgan fingerprint density at radius 1 is 1.17 bits per heavy atom. The summed E-state index contributed by atoms with van der Waals surface area (Å²) in [5.41, 5.74) is 2.81. The van der Waals surface area contributed by atoms with Gasteiger partial charge in [0.05, 0.1) is 20.6 Å². The van der Waals surface area contributed by atoms with E-state index in [0.29, 0.717) is 23.1 Å². The summed E-state index contributed by atoms with van der Waals surface area (Å²) in [6.07, 6.45) is 1.07. The summed E-state index contributed by atoms with van der Waals surface area (Å²) >= 11 is 6.07. The van der Waals surface area contributed by atoms with Crippen LogP contribution in [-0.2, 0) is 17.6 Å². The maximum Gasteiger partial charge on any atom is 0.231 e. The van der Waals surface area contributed by atoms with Crippen molar-refractivity contribution in [3.8, 4) is 11.5 Å². The third-order valence-electron chi connectivity index (χ3n) is 4.10. The van der Waals surface area contributed by atoms with E-state index >= 15 is 0 Å². The van der Waals surface area contributed by atoms with E-state index in [2.05, 4.69) is 0 Å². The predicted molar refractivity (Wildman–Crippen MR) is 90.8 cm³/mol. The van der Waals surface area contributed by atoms with Crippen molar-refractivity contribution < 1.29 is 14.3 Å². The van der Waals surface area contributed by atoms with Crippen LogP contribution in [0.5, 0.6) is 11.5 Å². The number of amides is 1. The predicted octanol–water partition coefficient (Wildman–Crippen LogP) is 3.49. The molecule has 1 aliphatic rings. The highest BCUT2D eigenvalue weighted by molar-refractivity contribution is 6.31. The lowest BCUT2D eigenvalue weighted by atomic mass is 10.1. The lowest BCUT2D eigenvalue weighted by molar-refractivity contribution is -0.117. The molecule has 0 aliphatic carbocycles. The van der Waals surface area contributed by atoms with Gasteiger partial charge in [0.1, 0.15) is 11.5 Å². The number of hydrogen-bond donors (Lipinski definition) is 0. The van der Waals surface area contributed by atoms with Gasteiger partial charge in [-0.25, -0.2) is 0 Å². The smallest absolute Gasteiger partial charge is 0.231 e. The molecule has 0 N–H and O–H groups in total. The van der Waals surface area contributed by atoms with Crippen molar-refractivity contribution in [3.05, 3.63) is 52.5 Å². The van der Waals surface area contributed by atoms with Crippen LogP contribution in [0.1, 0.15) is 11.1 Å². The molecule has 0 unspecified atom stereocenters. The lowest BCUT2D eigenvalue weighted by Gasteiger charge is -2.19. The van der Waals surface area contributed by atoms with E-state index in [1.165, 1.54) is 0 Å². The molecule has 2 aromatic carbocycles. The first-order chi connectivity index (χ1) is 11.1. The highest BCUT2D eigenvalue weighted by atomic mass is 35.5. The zero-order valence-electron chi connectivity index (χ0n) is 13.1. The fraction of sp³-hybridized carbons (Fsp3) is 0.278. The molecule has 23 heavy (non-hydrogen) atoms. The molecule has 5 heteroatoms. The molecule has 120 valence electrons. The van der Waals surface area contributed by atoms with Gasteiger partial charge in [0, 0.05) is 22.8 Å². The Morgan fingerprint density at radius 2 is 1.87 bits per heavy atom. The van der Waals surface area contributed by atoms with E-state index in [1.807, 2.05) is 36.4 Å². The number of nitrogens with zero attached hydrogens (tertiary/aromatic N) is 1. The number of methoxy groups -OCH3 is 2. The van der Waals surface area contributed by atoms with Gasteiger partial charge in [-0.15, -0.1) is 0 Å². The number of ether oxygens (including phenoxy) is 2. The summed E-state index contributed by atoms with van der Waals surface area (Å²) in [7, 11) is 3.18. The molecule has 0 radical (unpaired) electrons. The molecule has 0 bridgehead atoms. The quantitative estimate of drug-likeness (QED) is 0.861. The van der Waals surface area contributed by atoms with Crippen LogP contribution in [0.15, 0.2) is 36.4 Å². The number of anilines is 1. The van der Waals surface area contributed by atoms with Crippen molar-refractivity contribution in [3.63, 3.8) is 0 Å². The van der Waals surface area contributed by atoms with Crippen molar-refractivity contribution in [2.75, 3.05) is 25.7 Å². The first-order valence-corrected chi connectivity index (χ1v) is 7.80. The molecule has 0 saturated heterocycles. The third kappa shape index (κ3) is 2.99. The second-order valence-corrected chi connectivity index (χ2v) is 5.82. The number of benzene rings is 2. The Bertz CT molecular complexity index is 723. The SMILES string of the molecule is COc1cccc(OC)c1CC(=O)N1CCc2ccc(Cl)cc21. The molecular formula is C18H18ClNO3. The zero-order valence-corrected chi connectivity index (χ0v) is 13.9. The van der Waals surface area contributed by atoms with Crippen molar-refractivity contribution in [2.24, 2.45) is 0 Å². The third-order valence-corrected chi connectivity index (χ3v) is 4.34. The highest BCUT2D eigenvalue weighted by Crippen LogP contribution is 2.33. The van der Waals surface area contributed by atoms with Gasteiger partial charge in [0.2, 0.25) is 5.91 Å². The van der Waals surface area contributed by atoms with Gasteiger partial charge in [-0.1, -0.05) is 23.7 Å². The van der Waals surface area contributed by atoms with E-state index in [1.54, 1.807) is 19.1 Å². The van der Waals surface area contributed by atoms with Gasteiger partial charge in [-0.05, 0) is 36.2 Å². The summed E-state index contributed by atoms with van der Waals surface area (Å²) in [6, 6.07) is 11.2. The van der Waals surface area contributed by atoms with E-state index in [-0.39, 0.29) is 12.3 Å². The fourth-order valence-corrected chi connectivity index (χ4v) is 3.13. The van der Waals surface area contributed by atoms with Gasteiger partial charge >= 0.3 is 0 Å². The van der Waals surface area contributed by atoms with Crippen LogP contribution < -0.4 is 14.4 Å². The first kappa shape index (κ1) is 15.7. The lowest BCUT2D eigenvalue weighted by Crippen LogP contribution is -2.30. The molecule has 0 spiro atoms. The van der Waals surface area contributed by atoms with E-state index in [0.717, 1.165) is 23.2 Å². The average Bonchev–Trinajstić information content (AvgIpc) is 2.98. The Kier molecular flexibility index (Phi) is 4.44. The van der Waals surface area contributed by atoms with Gasteiger partial charge in [-0.3, -0.25) is 4.79 Å². The van der Waals surface area contributed by atoms with Gasteiger partial charge < -0.3 is 14.4 Å². The molecule has 2 aromatic rings. The van der Waals surface area contributed by atoms with Gasteiger partial charge in [0.15, 0.2) is 0 Å². The normalized spacial score (nSPS) is 12.9. The largest absolute Gasteiger partial charge is 0.496 e. The topological polar surface area (TPSA) is 38.8 Å². The number of hydrogen-bond acceptors (Lipinski definition) is 3. The van der Waals surface area contributed by atoms with Crippen LogP contribution >= 0.6 is 11.6 Å². The Hall–Kier alpha value is -2.20. The molecule has 3 rings (SSSR count). The van der Waals surface area contributed by atoms with E-state index in [9.17, 15) is 4.79 Å². The fourth-order valence-electron chi connectivity index (χ4n) is 2.96. The first-order valence-electron chi connectivity index (χ1n) is 7.42. The molecule has 1 amide bonds. The van der Waals surface area contributed by atoms with Crippen molar-refractivity contribution >= 4 is 23.2 Å². The molecule has 1 heterocycles. The maximum absolute atomic E-state index is 12.8. The minimum Gasteiger partial charge on any atom is -0.496 e. The molecule has 0 atom stereocenters. The standard InChI is InChI=1S/C18H18ClNO3/c1-22-16-4-3-5-17(23-2)14(16)11-18(21)20-9-8-12-6-7-13(19)10-15(12)20/h3-7,10H,8-9,11H2,1-2H3. The van der Waals surface area contributed by atoms with Gasteiger partial charge in [-0.2, -0.15) is 0 Å². The molecular weight excluding hydrogens is 314 g/mol. The summed E-state index contributed by atoms with van der Waals surface area (Å²) in [5.74, 6) is 1.32. The number of fused-ring (bicyclic) bond motifs is 1. The second kappa shape index (κ2) is 6.50. The van der Waals surface area contributed by atoms with Crippen LogP contribution in [0.4, 0.5) is 5.69 Å². The number of carbonyl (C=O) groups excluding carboxylic acids is 1. The number of halogens is 1. The molecule has 1 aliphatic heterocycles. The Morgan fingerprint density at radius 3 is 2.52 bits per heavy atom. The van der Waals surface area contributed by atoms with E-state index in [4.69, 9.17) is 21.1 Å². The monoisotopic (exact) mass is 331 g/mol. The number of rotatable bonds is 4. The van der Waals surface area contributed by atoms with Crippen LogP contribution in [-0.4, -0.2) is 26.7 Å². The van der Waals surface area contributed by atoms with Crippen molar-refractivity contribution in [1.82, 2.24) is 0 Å². The van der Waals surface area contributed by atoms with Crippen LogP contribution in [0.25, 0.3) is 0 Å². The maximum atomic E-state index is 12.8. The average molecular weight is 332 g/mol. The van der Waals surface area contributed by atoms with Crippen LogP contribution in [0.2, 0.25) is 5.02 Å². The molecule has 0 fully saturated rings. The second-order valence-electron chi connectivity index (χ2n) is 5.39. The highest BCUT2D eigenvalue weighted by Gasteiger charge is 2.26. The summed E-state index contributed by atoms with van der Waals surface area (Å²) in [5, 5.41) is 0.637. The number of carbonyl (C=O) groups is 1. The van der Waals surface area contributed by atoms with Crippen LogP contribution in [0.3, 0.4) is 0 Å². The minimum absolute atomic E-state index is 0.00816. The van der Waals surface area contributed by atoms with E-state index < -0.39 is 0 Å². The van der Waals surface area contributed by atoms with Crippen molar-refractivity contribution in [1.29, 1.82) is 0 Å². The summed E-state index contributed by atoms with van der Waals surface area (Å²) in [6.45, 7) is 0.673. The zero-order chi connectivity index (χ0) is 16.4. The minimum atomic E-state index is 0.00816. The molecule has 0 saturated carbocycles. The molecule has 0 aromatic heterocycles. The Balaban J connectivity index is 1.89. The summed E-state index contributed by atoms with van der Waals surface area (Å²) in [4.78, 5) is 14.6. The summed E-state index contributed by atoms with van der Waals surface area (Å²) < 4.78 is 10.7. The van der Waals surface area contributed by atoms with Gasteiger partial charge in [0.25, 0.3) is 0 Å².